The SMILES string of the molecule is Cc1ccc(C(=O)O)c(-c2cc3ccccc3c(CNCC3CCN(c4nccc(/C=C5\SC(=O)NC5=O)n4)CC3)n2)c1. The molecule has 4 aromatic rings. The Kier molecular flexibility index (Phi) is 8.17. The normalized spacial score (nSPS) is 16.7. The van der Waals surface area contributed by atoms with Gasteiger partial charge in [-0.15, -0.1) is 0 Å². The second-order valence-electron chi connectivity index (χ2n) is 10.7. The summed E-state index contributed by atoms with van der Waals surface area (Å²) in [5, 5.41) is 17.3. The van der Waals surface area contributed by atoms with E-state index in [9.17, 15) is 19.5 Å². The summed E-state index contributed by atoms with van der Waals surface area (Å²) < 4.78 is 0. The van der Waals surface area contributed by atoms with Crippen LogP contribution in [0.5, 0.6) is 0 Å². The Morgan fingerprint density at radius 2 is 1.93 bits per heavy atom. The number of aromatic carboxylic acids is 1. The molecule has 2 aliphatic heterocycles. The summed E-state index contributed by atoms with van der Waals surface area (Å²) in [5.74, 6) is -0.295. The third kappa shape index (κ3) is 6.42. The minimum atomic E-state index is -0.971. The lowest BCUT2D eigenvalue weighted by atomic mass is 9.96. The van der Waals surface area contributed by atoms with Gasteiger partial charge < -0.3 is 15.3 Å². The van der Waals surface area contributed by atoms with E-state index in [0.717, 1.165) is 66.3 Å². The molecule has 218 valence electrons. The van der Waals surface area contributed by atoms with Gasteiger partial charge in [0.2, 0.25) is 5.95 Å². The van der Waals surface area contributed by atoms with Crippen LogP contribution in [0.2, 0.25) is 0 Å². The average Bonchev–Trinajstić information content (AvgIpc) is 3.33. The Labute approximate surface area is 252 Å². The number of benzene rings is 2. The van der Waals surface area contributed by atoms with E-state index in [2.05, 4.69) is 31.6 Å². The molecule has 43 heavy (non-hydrogen) atoms. The minimum absolute atomic E-state index is 0.239. The molecule has 2 amide bonds. The number of aryl methyl sites for hydroxylation is 1. The van der Waals surface area contributed by atoms with Crippen molar-refractivity contribution in [2.45, 2.75) is 26.3 Å². The summed E-state index contributed by atoms with van der Waals surface area (Å²) >= 11 is 0.871. The average molecular weight is 595 g/mol. The molecule has 6 rings (SSSR count). The van der Waals surface area contributed by atoms with Crippen LogP contribution in [-0.4, -0.2) is 56.8 Å². The summed E-state index contributed by atoms with van der Waals surface area (Å²) in [6.45, 7) is 4.95. The molecule has 4 heterocycles. The molecule has 2 fully saturated rings. The number of piperidine rings is 1. The van der Waals surface area contributed by atoms with Gasteiger partial charge in [0.25, 0.3) is 11.1 Å². The van der Waals surface area contributed by atoms with Gasteiger partial charge in [0.05, 0.1) is 27.6 Å². The Bertz CT molecular complexity index is 1770. The van der Waals surface area contributed by atoms with E-state index < -0.39 is 11.9 Å². The molecule has 0 saturated carbocycles. The van der Waals surface area contributed by atoms with Crippen LogP contribution in [0.3, 0.4) is 0 Å². The van der Waals surface area contributed by atoms with Crippen LogP contribution >= 0.6 is 11.8 Å². The van der Waals surface area contributed by atoms with Gasteiger partial charge in [-0.3, -0.25) is 19.9 Å². The molecule has 0 radical (unpaired) electrons. The first-order valence-electron chi connectivity index (χ1n) is 14.1. The van der Waals surface area contributed by atoms with Gasteiger partial charge >= 0.3 is 5.97 Å². The summed E-state index contributed by atoms with van der Waals surface area (Å²) in [6, 6.07) is 17.1. The predicted molar refractivity (Wildman–Crippen MR) is 167 cm³/mol. The Morgan fingerprint density at radius 3 is 2.70 bits per heavy atom. The van der Waals surface area contributed by atoms with Crippen LogP contribution in [0, 0.1) is 12.8 Å². The van der Waals surface area contributed by atoms with Gasteiger partial charge in [-0.25, -0.2) is 14.8 Å². The van der Waals surface area contributed by atoms with Crippen molar-refractivity contribution in [3.8, 4) is 11.3 Å². The van der Waals surface area contributed by atoms with Crippen molar-refractivity contribution >= 4 is 51.7 Å². The molecule has 0 atom stereocenters. The summed E-state index contributed by atoms with van der Waals surface area (Å²) in [5.41, 5.74) is 3.97. The van der Waals surface area contributed by atoms with Crippen molar-refractivity contribution in [1.82, 2.24) is 25.6 Å². The molecule has 10 nitrogen and oxygen atoms in total. The summed E-state index contributed by atoms with van der Waals surface area (Å²) in [7, 11) is 0. The third-order valence-corrected chi connectivity index (χ3v) is 8.52. The van der Waals surface area contributed by atoms with Crippen LogP contribution in [0.25, 0.3) is 28.1 Å². The highest BCUT2D eigenvalue weighted by molar-refractivity contribution is 8.18. The molecular weight excluding hydrogens is 564 g/mol. The van der Waals surface area contributed by atoms with Crippen LogP contribution in [-0.2, 0) is 11.3 Å². The van der Waals surface area contributed by atoms with Crippen molar-refractivity contribution in [1.29, 1.82) is 0 Å². The number of nitrogens with zero attached hydrogens (tertiary/aromatic N) is 4. The number of aromatic nitrogens is 3. The van der Waals surface area contributed by atoms with E-state index in [1.807, 2.05) is 37.3 Å². The zero-order valence-corrected chi connectivity index (χ0v) is 24.4. The fourth-order valence-corrected chi connectivity index (χ4v) is 6.15. The summed E-state index contributed by atoms with van der Waals surface area (Å²) in [6.07, 6.45) is 5.21. The van der Waals surface area contributed by atoms with Gasteiger partial charge in [0.15, 0.2) is 0 Å². The molecule has 2 saturated heterocycles. The molecular formula is C32H30N6O4S. The molecule has 0 unspecified atom stereocenters. The number of rotatable bonds is 8. The second-order valence-corrected chi connectivity index (χ2v) is 11.7. The monoisotopic (exact) mass is 594 g/mol. The number of hydrogen-bond acceptors (Lipinski definition) is 9. The van der Waals surface area contributed by atoms with Gasteiger partial charge in [0, 0.05) is 36.8 Å². The highest BCUT2D eigenvalue weighted by Gasteiger charge is 2.26. The first-order valence-corrected chi connectivity index (χ1v) is 14.9. The Morgan fingerprint density at radius 1 is 1.12 bits per heavy atom. The fraction of sp³-hybridized carbons (Fsp3) is 0.250. The van der Waals surface area contributed by atoms with Crippen LogP contribution in [0.4, 0.5) is 10.7 Å². The molecule has 2 aromatic carbocycles. The fourth-order valence-electron chi connectivity index (χ4n) is 5.48. The number of carboxylic acids is 1. The molecule has 0 bridgehead atoms. The van der Waals surface area contributed by atoms with E-state index >= 15 is 0 Å². The number of pyridine rings is 1. The Balaban J connectivity index is 1.10. The zero-order valence-electron chi connectivity index (χ0n) is 23.5. The number of hydrogen-bond donors (Lipinski definition) is 3. The van der Waals surface area contributed by atoms with Crippen molar-refractivity contribution in [2.75, 3.05) is 24.5 Å². The largest absolute Gasteiger partial charge is 0.478 e. The number of thioether (sulfide) groups is 1. The van der Waals surface area contributed by atoms with E-state index in [1.54, 1.807) is 30.5 Å². The van der Waals surface area contributed by atoms with Gasteiger partial charge in [-0.1, -0.05) is 35.9 Å². The number of carboxylic acid groups (broad SMARTS) is 1. The van der Waals surface area contributed by atoms with Gasteiger partial charge in [-0.2, -0.15) is 0 Å². The van der Waals surface area contributed by atoms with E-state index in [1.165, 1.54) is 0 Å². The maximum Gasteiger partial charge on any atom is 0.336 e. The molecule has 3 N–H and O–H groups in total. The van der Waals surface area contributed by atoms with E-state index in [-0.39, 0.29) is 10.8 Å². The first-order chi connectivity index (χ1) is 20.8. The number of carbonyl (C=O) groups excluding carboxylic acids is 2. The number of anilines is 1. The first kappa shape index (κ1) is 28.5. The lowest BCUT2D eigenvalue weighted by Crippen LogP contribution is -2.38. The topological polar surface area (TPSA) is 137 Å². The van der Waals surface area contributed by atoms with E-state index in [0.29, 0.717) is 40.3 Å². The number of fused-ring (bicyclic) bond motifs is 1. The van der Waals surface area contributed by atoms with Gasteiger partial charge in [0.1, 0.15) is 0 Å². The number of nitrogens with one attached hydrogen (secondary N) is 2. The van der Waals surface area contributed by atoms with Crippen molar-refractivity contribution in [3.63, 3.8) is 0 Å². The standard InChI is InChI=1S/C32H30N6O4S/c1-19-6-7-24(30(40)41)25(14-19)26-15-21-4-2-3-5-23(21)27(36-26)18-33-17-20-9-12-38(13-10-20)31-34-11-8-22(35-31)16-28-29(39)37-32(42)43-28/h2-8,11,14-16,20,33H,9-10,12-13,17-18H2,1H3,(H,40,41)(H,37,39,42)/b28-16-. The number of imide groups is 1. The second kappa shape index (κ2) is 12.3. The lowest BCUT2D eigenvalue weighted by Gasteiger charge is -2.32. The predicted octanol–water partition coefficient (Wildman–Crippen LogP) is 5.03. The smallest absolute Gasteiger partial charge is 0.336 e. The highest BCUT2D eigenvalue weighted by Crippen LogP contribution is 2.29. The molecule has 0 aliphatic carbocycles. The summed E-state index contributed by atoms with van der Waals surface area (Å²) in [4.78, 5) is 51.7. The minimum Gasteiger partial charge on any atom is -0.478 e. The molecule has 11 heteroatoms. The number of carbonyl (C=O) groups is 3. The molecule has 2 aliphatic rings. The zero-order chi connectivity index (χ0) is 29.9. The van der Waals surface area contributed by atoms with Crippen molar-refractivity contribution in [3.05, 3.63) is 88.2 Å². The van der Waals surface area contributed by atoms with Crippen LogP contribution < -0.4 is 15.5 Å². The maximum absolute atomic E-state index is 11.9. The lowest BCUT2D eigenvalue weighted by molar-refractivity contribution is -0.115. The third-order valence-electron chi connectivity index (χ3n) is 7.71. The van der Waals surface area contributed by atoms with Crippen molar-refractivity contribution in [2.24, 2.45) is 5.92 Å². The molecule has 0 spiro atoms. The Hall–Kier alpha value is -4.61. The highest BCUT2D eigenvalue weighted by atomic mass is 32.2. The van der Waals surface area contributed by atoms with Gasteiger partial charge in [-0.05, 0) is 79.7 Å². The number of amides is 2. The van der Waals surface area contributed by atoms with E-state index in [4.69, 9.17) is 4.98 Å². The van der Waals surface area contributed by atoms with Crippen LogP contribution in [0.1, 0.15) is 40.2 Å². The van der Waals surface area contributed by atoms with Crippen LogP contribution in [0.15, 0.2) is 65.7 Å². The quantitative estimate of drug-likeness (QED) is 0.238. The van der Waals surface area contributed by atoms with Crippen molar-refractivity contribution < 1.29 is 19.5 Å². The molecule has 2 aromatic heterocycles. The maximum atomic E-state index is 11.9.